The number of hydrazone groups is 1. The van der Waals surface area contributed by atoms with E-state index in [-0.39, 0.29) is 0 Å². The smallest absolute Gasteiger partial charge is 0.229 e. The zero-order valence-electron chi connectivity index (χ0n) is 24.7. The molecule has 2 saturated heterocycles. The van der Waals surface area contributed by atoms with Crippen molar-refractivity contribution in [2.24, 2.45) is 5.10 Å². The van der Waals surface area contributed by atoms with E-state index in [1.165, 1.54) is 11.1 Å². The van der Waals surface area contributed by atoms with Gasteiger partial charge < -0.3 is 33.5 Å². The monoisotopic (exact) mass is 576 g/mol. The lowest BCUT2D eigenvalue weighted by molar-refractivity contribution is 0.121. The fraction of sp³-hybridized carbons (Fsp3) is 0.452. The Bertz CT molecular complexity index is 1280. The second kappa shape index (κ2) is 14.7. The minimum Gasteiger partial charge on any atom is -0.490 e. The van der Waals surface area contributed by atoms with Crippen LogP contribution in [0.1, 0.15) is 23.6 Å². The maximum absolute atomic E-state index is 5.99. The minimum absolute atomic E-state index is 0.396. The molecule has 0 aliphatic carbocycles. The number of nitrogens with zero attached hydrogens (tertiary/aromatic N) is 5. The Morgan fingerprint density at radius 1 is 0.810 bits per heavy atom. The first-order valence-corrected chi connectivity index (χ1v) is 14.5. The molecule has 0 saturated carbocycles. The lowest BCUT2D eigenvalue weighted by Crippen LogP contribution is -2.39. The molecule has 2 aliphatic rings. The van der Waals surface area contributed by atoms with Crippen LogP contribution >= 0.6 is 0 Å². The van der Waals surface area contributed by atoms with Crippen molar-refractivity contribution >= 4 is 23.8 Å². The van der Waals surface area contributed by atoms with Crippen LogP contribution in [0.5, 0.6) is 17.2 Å². The molecule has 0 amide bonds. The lowest BCUT2D eigenvalue weighted by atomic mass is 10.1. The molecule has 3 heterocycles. The van der Waals surface area contributed by atoms with Crippen LogP contribution in [0.15, 0.2) is 47.6 Å². The second-order valence-electron chi connectivity index (χ2n) is 10.1. The predicted octanol–water partition coefficient (Wildman–Crippen LogP) is 4.07. The molecule has 3 aromatic rings. The van der Waals surface area contributed by atoms with Crippen LogP contribution in [0, 0.1) is 13.8 Å². The summed E-state index contributed by atoms with van der Waals surface area (Å²) in [7, 11) is 0. The van der Waals surface area contributed by atoms with Crippen LogP contribution in [0.4, 0.5) is 17.6 Å². The van der Waals surface area contributed by atoms with Gasteiger partial charge in [-0.2, -0.15) is 15.1 Å². The number of aromatic nitrogens is 2. The van der Waals surface area contributed by atoms with Gasteiger partial charge in [0.1, 0.15) is 24.8 Å². The third kappa shape index (κ3) is 8.23. The van der Waals surface area contributed by atoms with Crippen molar-refractivity contribution in [2.75, 3.05) is 87.7 Å². The van der Waals surface area contributed by atoms with Gasteiger partial charge in [0.05, 0.1) is 39.2 Å². The van der Waals surface area contributed by atoms with Gasteiger partial charge in [0.25, 0.3) is 0 Å². The first kappa shape index (κ1) is 29.4. The topological polar surface area (TPSA) is 103 Å². The number of aryl methyl sites for hydroxylation is 2. The Kier molecular flexibility index (Phi) is 10.3. The van der Waals surface area contributed by atoms with E-state index in [1.54, 1.807) is 6.21 Å². The molecule has 2 aromatic carbocycles. The Morgan fingerprint density at radius 3 is 2.21 bits per heavy atom. The Balaban J connectivity index is 1.23. The van der Waals surface area contributed by atoms with Gasteiger partial charge in [0.2, 0.25) is 5.95 Å². The molecule has 2 fully saturated rings. The highest BCUT2D eigenvalue weighted by Crippen LogP contribution is 2.28. The second-order valence-corrected chi connectivity index (χ2v) is 10.1. The first-order valence-electron chi connectivity index (χ1n) is 14.5. The molecular weight excluding hydrogens is 536 g/mol. The molecule has 42 heavy (non-hydrogen) atoms. The molecular formula is C31H40N6O5. The average Bonchev–Trinajstić information content (AvgIpc) is 3.00. The summed E-state index contributed by atoms with van der Waals surface area (Å²) in [6, 6.07) is 13.8. The number of morpholine rings is 2. The van der Waals surface area contributed by atoms with E-state index in [9.17, 15) is 0 Å². The summed E-state index contributed by atoms with van der Waals surface area (Å²) in [5.74, 6) is 4.30. The number of benzene rings is 2. The summed E-state index contributed by atoms with van der Waals surface area (Å²) in [6.07, 6.45) is 1.74. The highest BCUT2D eigenvalue weighted by Gasteiger charge is 2.19. The van der Waals surface area contributed by atoms with E-state index in [0.29, 0.717) is 69.5 Å². The van der Waals surface area contributed by atoms with E-state index < -0.39 is 0 Å². The van der Waals surface area contributed by atoms with Crippen LogP contribution in [-0.4, -0.2) is 88.6 Å². The number of anilines is 3. The van der Waals surface area contributed by atoms with Gasteiger partial charge in [-0.1, -0.05) is 6.07 Å². The van der Waals surface area contributed by atoms with Gasteiger partial charge in [0.15, 0.2) is 17.3 Å². The van der Waals surface area contributed by atoms with Crippen molar-refractivity contribution in [1.29, 1.82) is 0 Å². The number of hydrogen-bond donors (Lipinski definition) is 1. The summed E-state index contributed by atoms with van der Waals surface area (Å²) < 4.78 is 28.8. The third-order valence-corrected chi connectivity index (χ3v) is 6.79. The Labute approximate surface area is 247 Å². The van der Waals surface area contributed by atoms with E-state index >= 15 is 0 Å². The standard InChI is InChI=1S/C31H40N6O5/c1-4-40-28-20-25(5-6-27(28)42-16-15-41-26-18-23(2)17-24(3)19-26)22-32-35-29-21-30(36-7-11-38-12-8-36)34-31(33-29)37-9-13-39-14-10-37/h5-6,17-22H,4,7-16H2,1-3H3,(H,33,34,35). The quantitative estimate of drug-likeness (QED) is 0.193. The normalized spacial score (nSPS) is 15.6. The molecule has 0 unspecified atom stereocenters. The fourth-order valence-electron chi connectivity index (χ4n) is 4.83. The molecule has 1 N–H and O–H groups in total. The zero-order valence-corrected chi connectivity index (χ0v) is 24.7. The lowest BCUT2D eigenvalue weighted by Gasteiger charge is -2.31. The van der Waals surface area contributed by atoms with Gasteiger partial charge in [0, 0.05) is 32.2 Å². The highest BCUT2D eigenvalue weighted by molar-refractivity contribution is 5.81. The van der Waals surface area contributed by atoms with E-state index in [0.717, 1.165) is 43.3 Å². The maximum Gasteiger partial charge on any atom is 0.229 e. The van der Waals surface area contributed by atoms with Crippen molar-refractivity contribution < 1.29 is 23.7 Å². The molecule has 0 bridgehead atoms. The molecule has 224 valence electrons. The number of rotatable bonds is 12. The van der Waals surface area contributed by atoms with Crippen molar-refractivity contribution in [3.63, 3.8) is 0 Å². The van der Waals surface area contributed by atoms with Crippen molar-refractivity contribution in [2.45, 2.75) is 20.8 Å². The van der Waals surface area contributed by atoms with Gasteiger partial charge in [-0.05, 0) is 67.8 Å². The van der Waals surface area contributed by atoms with Crippen molar-refractivity contribution in [1.82, 2.24) is 9.97 Å². The van der Waals surface area contributed by atoms with Crippen LogP contribution in [0.3, 0.4) is 0 Å². The molecule has 0 atom stereocenters. The van der Waals surface area contributed by atoms with E-state index in [4.69, 9.17) is 33.7 Å². The van der Waals surface area contributed by atoms with Crippen LogP contribution in [0.25, 0.3) is 0 Å². The van der Waals surface area contributed by atoms with Crippen molar-refractivity contribution in [3.05, 3.63) is 59.2 Å². The molecule has 11 heteroatoms. The Hall–Kier alpha value is -4.09. The Morgan fingerprint density at radius 2 is 1.50 bits per heavy atom. The molecule has 2 aliphatic heterocycles. The number of nitrogens with one attached hydrogen (secondary N) is 1. The largest absolute Gasteiger partial charge is 0.490 e. The third-order valence-electron chi connectivity index (χ3n) is 6.79. The average molecular weight is 577 g/mol. The summed E-state index contributed by atoms with van der Waals surface area (Å²) >= 11 is 0. The number of ether oxygens (including phenoxy) is 5. The van der Waals surface area contributed by atoms with Gasteiger partial charge in [-0.3, -0.25) is 5.43 Å². The van der Waals surface area contributed by atoms with Crippen LogP contribution < -0.4 is 29.4 Å². The molecule has 11 nitrogen and oxygen atoms in total. The minimum atomic E-state index is 0.396. The van der Waals surface area contributed by atoms with Crippen LogP contribution in [0.2, 0.25) is 0 Å². The van der Waals surface area contributed by atoms with Gasteiger partial charge >= 0.3 is 0 Å². The SMILES string of the molecule is CCOc1cc(C=NNc2cc(N3CCOCC3)nc(N3CCOCC3)n2)ccc1OCCOc1cc(C)cc(C)c1. The van der Waals surface area contributed by atoms with Gasteiger partial charge in [-0.15, -0.1) is 0 Å². The molecule has 5 rings (SSSR count). The van der Waals surface area contributed by atoms with Crippen molar-refractivity contribution in [3.8, 4) is 17.2 Å². The van der Waals surface area contributed by atoms with E-state index in [1.807, 2.05) is 43.3 Å². The van der Waals surface area contributed by atoms with Crippen LogP contribution in [-0.2, 0) is 9.47 Å². The fourth-order valence-corrected chi connectivity index (χ4v) is 4.83. The zero-order chi connectivity index (χ0) is 29.1. The first-order chi connectivity index (χ1) is 20.6. The summed E-state index contributed by atoms with van der Waals surface area (Å²) in [5.41, 5.74) is 6.30. The molecule has 0 radical (unpaired) electrons. The summed E-state index contributed by atoms with van der Waals surface area (Å²) in [4.78, 5) is 13.9. The van der Waals surface area contributed by atoms with E-state index in [2.05, 4.69) is 40.2 Å². The van der Waals surface area contributed by atoms with Gasteiger partial charge in [-0.25, -0.2) is 0 Å². The predicted molar refractivity (Wildman–Crippen MR) is 164 cm³/mol. The highest BCUT2D eigenvalue weighted by atomic mass is 16.5. The summed E-state index contributed by atoms with van der Waals surface area (Å²) in [6.45, 7) is 13.2. The summed E-state index contributed by atoms with van der Waals surface area (Å²) in [5, 5.41) is 4.47. The number of hydrogen-bond acceptors (Lipinski definition) is 11. The maximum atomic E-state index is 5.99. The molecule has 1 aromatic heterocycles. The molecule has 0 spiro atoms.